The second-order valence-corrected chi connectivity index (χ2v) is 11.8. The number of alkyl halides is 3. The molecule has 4 aliphatic rings. The van der Waals surface area contributed by atoms with Crippen molar-refractivity contribution in [3.8, 4) is 0 Å². The number of halogens is 3. The Kier molecular flexibility index (Phi) is 8.90. The van der Waals surface area contributed by atoms with E-state index in [1.165, 1.54) is 57.8 Å². The lowest BCUT2D eigenvalue weighted by molar-refractivity contribution is -0.123. The lowest BCUT2D eigenvalue weighted by atomic mass is 9.63. The predicted molar refractivity (Wildman–Crippen MR) is 125 cm³/mol. The van der Waals surface area contributed by atoms with Gasteiger partial charge in [0.05, 0.1) is 6.10 Å². The molecule has 32 heavy (non-hydrogen) atoms. The van der Waals surface area contributed by atoms with Gasteiger partial charge in [-0.15, -0.1) is 0 Å². The molecule has 4 saturated carbocycles. The van der Waals surface area contributed by atoms with Crippen molar-refractivity contribution in [2.24, 2.45) is 41.4 Å². The van der Waals surface area contributed by atoms with Crippen molar-refractivity contribution in [3.05, 3.63) is 0 Å². The van der Waals surface area contributed by atoms with Gasteiger partial charge in [0.1, 0.15) is 18.5 Å². The molecule has 4 aliphatic carbocycles. The minimum absolute atomic E-state index is 0.0114. The molecule has 0 N–H and O–H groups in total. The zero-order valence-corrected chi connectivity index (χ0v) is 20.5. The molecule has 0 aliphatic heterocycles. The maximum atomic E-state index is 15.0. The van der Waals surface area contributed by atoms with Crippen molar-refractivity contribution in [1.82, 2.24) is 0 Å². The maximum absolute atomic E-state index is 15.0. The summed E-state index contributed by atoms with van der Waals surface area (Å²) in [6.45, 7) is 4.60. The van der Waals surface area contributed by atoms with E-state index >= 15 is 8.78 Å². The van der Waals surface area contributed by atoms with Gasteiger partial charge >= 0.3 is 0 Å². The van der Waals surface area contributed by atoms with Crippen LogP contribution >= 0.6 is 0 Å². The van der Waals surface area contributed by atoms with Crippen LogP contribution in [0.1, 0.15) is 104 Å². The average Bonchev–Trinajstić information content (AvgIpc) is 2.82. The van der Waals surface area contributed by atoms with Crippen molar-refractivity contribution in [2.45, 2.75) is 128 Å². The van der Waals surface area contributed by atoms with Crippen molar-refractivity contribution < 1.29 is 17.9 Å². The first-order valence-electron chi connectivity index (χ1n) is 14.1. The van der Waals surface area contributed by atoms with Crippen LogP contribution in [0.3, 0.4) is 0 Å². The Bertz CT molecular complexity index is 553. The van der Waals surface area contributed by atoms with Gasteiger partial charge in [-0.2, -0.15) is 0 Å². The van der Waals surface area contributed by atoms with Crippen LogP contribution in [0.4, 0.5) is 13.2 Å². The van der Waals surface area contributed by atoms with Gasteiger partial charge in [0, 0.05) is 12.5 Å². The third kappa shape index (κ3) is 5.52. The number of hydrogen-bond acceptors (Lipinski definition) is 1. The second kappa shape index (κ2) is 11.5. The highest BCUT2D eigenvalue weighted by Crippen LogP contribution is 2.49. The van der Waals surface area contributed by atoms with Crippen LogP contribution in [0, 0.1) is 41.4 Å². The van der Waals surface area contributed by atoms with Gasteiger partial charge in [0.2, 0.25) is 0 Å². The summed E-state index contributed by atoms with van der Waals surface area (Å²) < 4.78 is 50.4. The molecule has 0 aromatic rings. The van der Waals surface area contributed by atoms with E-state index in [0.29, 0.717) is 25.4 Å². The van der Waals surface area contributed by atoms with Crippen LogP contribution in [0.15, 0.2) is 0 Å². The summed E-state index contributed by atoms with van der Waals surface area (Å²) in [5.41, 5.74) is 0. The van der Waals surface area contributed by atoms with Crippen LogP contribution < -0.4 is 0 Å². The van der Waals surface area contributed by atoms with E-state index in [-0.39, 0.29) is 11.8 Å². The Morgan fingerprint density at radius 1 is 0.625 bits per heavy atom. The van der Waals surface area contributed by atoms with Crippen LogP contribution in [-0.2, 0) is 4.74 Å². The minimum atomic E-state index is -1.66. The summed E-state index contributed by atoms with van der Waals surface area (Å²) in [5, 5.41) is 0. The highest BCUT2D eigenvalue weighted by atomic mass is 19.2. The minimum Gasteiger partial charge on any atom is -0.375 e. The summed E-state index contributed by atoms with van der Waals surface area (Å²) in [6.07, 6.45) is 11.1. The first-order chi connectivity index (χ1) is 15.5. The van der Waals surface area contributed by atoms with Gasteiger partial charge in [-0.05, 0) is 93.8 Å². The number of hydrogen-bond donors (Lipinski definition) is 0. The van der Waals surface area contributed by atoms with Crippen molar-refractivity contribution in [3.63, 3.8) is 0 Å². The van der Waals surface area contributed by atoms with Crippen LogP contribution in [0.2, 0.25) is 0 Å². The Morgan fingerprint density at radius 2 is 1.22 bits per heavy atom. The zero-order valence-electron chi connectivity index (χ0n) is 20.5. The van der Waals surface area contributed by atoms with Gasteiger partial charge < -0.3 is 4.74 Å². The molecule has 0 heterocycles. The van der Waals surface area contributed by atoms with Crippen molar-refractivity contribution >= 4 is 0 Å². The molecule has 0 spiro atoms. The van der Waals surface area contributed by atoms with E-state index in [2.05, 4.69) is 6.92 Å². The monoisotopic (exact) mass is 456 g/mol. The quantitative estimate of drug-likeness (QED) is 0.375. The summed E-state index contributed by atoms with van der Waals surface area (Å²) in [4.78, 5) is 0. The van der Waals surface area contributed by atoms with E-state index in [9.17, 15) is 4.39 Å². The number of ether oxygens (including phenoxy) is 1. The maximum Gasteiger partial charge on any atom is 0.137 e. The molecule has 0 aromatic heterocycles. The van der Waals surface area contributed by atoms with E-state index < -0.39 is 30.5 Å². The molecule has 0 amide bonds. The van der Waals surface area contributed by atoms with Gasteiger partial charge in [0.25, 0.3) is 0 Å². The summed E-state index contributed by atoms with van der Waals surface area (Å²) >= 11 is 0. The third-order valence-electron chi connectivity index (χ3n) is 10.2. The fourth-order valence-corrected chi connectivity index (χ4v) is 8.07. The van der Waals surface area contributed by atoms with E-state index in [0.717, 1.165) is 37.0 Å². The number of fused-ring (bicyclic) bond motifs is 1. The Morgan fingerprint density at radius 3 is 1.81 bits per heavy atom. The van der Waals surface area contributed by atoms with E-state index in [1.807, 2.05) is 6.92 Å². The molecule has 0 saturated heterocycles. The molecule has 4 rings (SSSR count). The lowest BCUT2D eigenvalue weighted by Gasteiger charge is -2.47. The molecule has 186 valence electrons. The highest BCUT2D eigenvalue weighted by molar-refractivity contribution is 5.00. The largest absolute Gasteiger partial charge is 0.375 e. The lowest BCUT2D eigenvalue weighted by Crippen LogP contribution is -2.53. The van der Waals surface area contributed by atoms with Gasteiger partial charge in [0.15, 0.2) is 0 Å². The number of rotatable bonds is 7. The smallest absolute Gasteiger partial charge is 0.137 e. The molecule has 1 nitrogen and oxygen atoms in total. The predicted octanol–water partition coefficient (Wildman–Crippen LogP) is 8.25. The molecule has 0 radical (unpaired) electrons. The third-order valence-corrected chi connectivity index (χ3v) is 10.2. The zero-order chi connectivity index (χ0) is 22.7. The molecule has 4 fully saturated rings. The molecule has 7 atom stereocenters. The fourth-order valence-electron chi connectivity index (χ4n) is 8.07. The normalized spacial score (nSPS) is 47.7. The Hall–Kier alpha value is -0.250. The summed E-state index contributed by atoms with van der Waals surface area (Å²) in [7, 11) is 0. The van der Waals surface area contributed by atoms with Gasteiger partial charge in [-0.25, -0.2) is 13.2 Å². The van der Waals surface area contributed by atoms with Gasteiger partial charge in [-0.1, -0.05) is 45.4 Å². The first-order valence-corrected chi connectivity index (χ1v) is 14.1. The van der Waals surface area contributed by atoms with Crippen LogP contribution in [0.25, 0.3) is 0 Å². The standard InChI is InChI=1S/C28H47F3O/c1-3-18-5-10-20(11-6-18)21-12-7-19(8-13-21)9-14-23-17-22-15-16-24(32-4-2)27(30)25(22)28(31)26(23)29/h18-28H,3-17H2,1-2H3. The van der Waals surface area contributed by atoms with Crippen LogP contribution in [0.5, 0.6) is 0 Å². The summed E-state index contributed by atoms with van der Waals surface area (Å²) in [5.74, 6) is 2.47. The molecular formula is C28H47F3O. The highest BCUT2D eigenvalue weighted by Gasteiger charge is 2.53. The van der Waals surface area contributed by atoms with Crippen molar-refractivity contribution in [2.75, 3.05) is 6.61 Å². The second-order valence-electron chi connectivity index (χ2n) is 11.8. The Labute approximate surface area is 194 Å². The molecule has 7 unspecified atom stereocenters. The Balaban J connectivity index is 1.21. The molecular weight excluding hydrogens is 409 g/mol. The fraction of sp³-hybridized carbons (Fsp3) is 1.00. The molecule has 4 heteroatoms. The van der Waals surface area contributed by atoms with Gasteiger partial charge in [-0.3, -0.25) is 0 Å². The topological polar surface area (TPSA) is 9.23 Å². The van der Waals surface area contributed by atoms with E-state index in [4.69, 9.17) is 4.74 Å². The van der Waals surface area contributed by atoms with Crippen molar-refractivity contribution in [1.29, 1.82) is 0 Å². The average molecular weight is 457 g/mol. The SMILES string of the molecule is CCOC1CCC2CC(CCC3CCC(C4CCC(CC)CC4)CC3)C(F)C(F)C2C1F. The summed E-state index contributed by atoms with van der Waals surface area (Å²) in [6, 6.07) is 0. The van der Waals surface area contributed by atoms with E-state index in [1.54, 1.807) is 0 Å². The first kappa shape index (κ1) is 24.9. The molecule has 0 aromatic carbocycles. The molecule has 0 bridgehead atoms. The van der Waals surface area contributed by atoms with Crippen LogP contribution in [-0.4, -0.2) is 31.2 Å².